The Morgan fingerprint density at radius 3 is 2.40 bits per heavy atom. The monoisotopic (exact) mass is 470 g/mol. The van der Waals surface area contributed by atoms with Gasteiger partial charge < -0.3 is 14.6 Å². The number of carbonyl (C=O) groups is 2. The van der Waals surface area contributed by atoms with Crippen LogP contribution in [0.25, 0.3) is 22.2 Å². The molecule has 1 unspecified atom stereocenters. The highest BCUT2D eigenvalue weighted by molar-refractivity contribution is 5.99. The highest BCUT2D eigenvalue weighted by Gasteiger charge is 2.34. The molecule has 1 saturated carbocycles. The first-order valence-electron chi connectivity index (χ1n) is 13.4. The van der Waals surface area contributed by atoms with Crippen LogP contribution >= 0.6 is 0 Å². The zero-order valence-corrected chi connectivity index (χ0v) is 20.3. The lowest BCUT2D eigenvalue weighted by Gasteiger charge is -2.30. The summed E-state index contributed by atoms with van der Waals surface area (Å²) in [4.78, 5) is 27.7. The van der Waals surface area contributed by atoms with Crippen molar-refractivity contribution in [3.63, 3.8) is 0 Å². The van der Waals surface area contributed by atoms with E-state index in [0.29, 0.717) is 18.0 Å². The maximum atomic E-state index is 13.8. The Labute approximate surface area is 206 Å². The number of carboxylic acids is 1. The maximum absolute atomic E-state index is 13.8. The molecule has 1 aromatic heterocycles. The lowest BCUT2D eigenvalue weighted by Crippen LogP contribution is -2.41. The highest BCUT2D eigenvalue weighted by atomic mass is 16.4. The molecule has 0 spiro atoms. The molecule has 3 aromatic rings. The zero-order valence-electron chi connectivity index (χ0n) is 20.3. The van der Waals surface area contributed by atoms with Crippen LogP contribution in [0.15, 0.2) is 42.5 Å². The summed E-state index contributed by atoms with van der Waals surface area (Å²) in [6, 6.07) is 14.2. The van der Waals surface area contributed by atoms with Gasteiger partial charge in [0.15, 0.2) is 0 Å². The Morgan fingerprint density at radius 1 is 0.886 bits per heavy atom. The molecule has 1 amide bonds. The van der Waals surface area contributed by atoms with E-state index in [1.165, 1.54) is 60.9 Å². The fourth-order valence-electron chi connectivity index (χ4n) is 6.81. The third-order valence-electron chi connectivity index (χ3n) is 8.52. The third-order valence-corrected chi connectivity index (χ3v) is 8.52. The number of fused-ring (bicyclic) bond motifs is 5. The minimum Gasteiger partial charge on any atom is -0.478 e. The van der Waals surface area contributed by atoms with Crippen molar-refractivity contribution in [1.29, 1.82) is 0 Å². The molecular weight excluding hydrogens is 436 g/mol. The first kappa shape index (κ1) is 22.4. The Balaban J connectivity index is 1.56. The number of carbonyl (C=O) groups excluding carboxylic acids is 1. The van der Waals surface area contributed by atoms with E-state index < -0.39 is 5.97 Å². The van der Waals surface area contributed by atoms with Gasteiger partial charge in [-0.25, -0.2) is 4.79 Å². The molecule has 5 nitrogen and oxygen atoms in total. The summed E-state index contributed by atoms with van der Waals surface area (Å²) in [7, 11) is 0. The Kier molecular flexibility index (Phi) is 5.87. The van der Waals surface area contributed by atoms with Gasteiger partial charge in [0.2, 0.25) is 5.91 Å². The quantitative estimate of drug-likeness (QED) is 0.493. The fourth-order valence-corrected chi connectivity index (χ4v) is 6.81. The summed E-state index contributed by atoms with van der Waals surface area (Å²) in [6.07, 6.45) is 10.2. The maximum Gasteiger partial charge on any atom is 0.335 e. The van der Waals surface area contributed by atoms with E-state index >= 15 is 0 Å². The first-order valence-corrected chi connectivity index (χ1v) is 13.4. The molecule has 3 heterocycles. The van der Waals surface area contributed by atoms with Crippen LogP contribution in [0.1, 0.15) is 78.8 Å². The fraction of sp³-hybridized carbons (Fsp3) is 0.467. The number of hydrogen-bond donors (Lipinski definition) is 1. The lowest BCUT2D eigenvalue weighted by molar-refractivity contribution is -0.136. The van der Waals surface area contributed by atoms with Crippen molar-refractivity contribution in [3.05, 3.63) is 59.2 Å². The van der Waals surface area contributed by atoms with Crippen molar-refractivity contribution >= 4 is 22.8 Å². The van der Waals surface area contributed by atoms with Gasteiger partial charge in [-0.3, -0.25) is 4.79 Å². The number of piperidine rings is 1. The van der Waals surface area contributed by atoms with E-state index in [1.807, 2.05) is 12.1 Å². The number of rotatable bonds is 3. The molecule has 5 heteroatoms. The summed E-state index contributed by atoms with van der Waals surface area (Å²) in [5.74, 6) is -0.321. The summed E-state index contributed by atoms with van der Waals surface area (Å²) in [6.45, 7) is 2.31. The average molecular weight is 471 g/mol. The van der Waals surface area contributed by atoms with Crippen LogP contribution in [0.3, 0.4) is 0 Å². The molecule has 2 aromatic carbocycles. The number of amides is 1. The van der Waals surface area contributed by atoms with Gasteiger partial charge in [0.25, 0.3) is 0 Å². The molecule has 2 fully saturated rings. The lowest BCUT2D eigenvalue weighted by atomic mass is 9.81. The second kappa shape index (κ2) is 9.18. The predicted octanol–water partition coefficient (Wildman–Crippen LogP) is 6.24. The number of carboxylic acid groups (broad SMARTS) is 1. The van der Waals surface area contributed by atoms with Gasteiger partial charge in [0, 0.05) is 36.1 Å². The summed E-state index contributed by atoms with van der Waals surface area (Å²) in [5, 5.41) is 10.9. The van der Waals surface area contributed by atoms with Gasteiger partial charge in [-0.2, -0.15) is 0 Å². The van der Waals surface area contributed by atoms with Crippen molar-refractivity contribution in [3.8, 4) is 11.3 Å². The average Bonchev–Trinajstić information content (AvgIpc) is 3.11. The summed E-state index contributed by atoms with van der Waals surface area (Å²) >= 11 is 0. The number of nitrogens with zero attached hydrogens (tertiary/aromatic N) is 2. The summed E-state index contributed by atoms with van der Waals surface area (Å²) in [5.41, 5.74) is 6.32. The van der Waals surface area contributed by atoms with Gasteiger partial charge in [-0.05, 0) is 67.7 Å². The minimum atomic E-state index is -0.906. The van der Waals surface area contributed by atoms with Crippen molar-refractivity contribution < 1.29 is 14.7 Å². The van der Waals surface area contributed by atoms with Crippen molar-refractivity contribution in [2.24, 2.45) is 5.92 Å². The van der Waals surface area contributed by atoms with Gasteiger partial charge in [-0.1, -0.05) is 49.6 Å². The van der Waals surface area contributed by atoms with Crippen LogP contribution < -0.4 is 0 Å². The van der Waals surface area contributed by atoms with E-state index in [2.05, 4.69) is 33.7 Å². The Bertz CT molecular complexity index is 1280. The van der Waals surface area contributed by atoms with Crippen LogP contribution in [-0.2, 0) is 17.8 Å². The summed E-state index contributed by atoms with van der Waals surface area (Å²) < 4.78 is 2.31. The number of aromatic carboxylic acids is 1. The number of aromatic nitrogens is 1. The van der Waals surface area contributed by atoms with Gasteiger partial charge in [-0.15, -0.1) is 0 Å². The van der Waals surface area contributed by atoms with Crippen LogP contribution in [0.4, 0.5) is 0 Å². The van der Waals surface area contributed by atoms with E-state index in [0.717, 1.165) is 43.3 Å². The standard InChI is InChI=1S/C30H34N2O3/c33-29(31-15-7-2-8-16-31)23-17-21-11-5-6-12-24(21)28-27(20-9-3-1-4-10-20)25-14-13-22(30(34)35)18-26(25)32(28)19-23/h5-6,11-14,18,20,23H,1-4,7-10,15-17,19H2,(H,34,35). The predicted molar refractivity (Wildman–Crippen MR) is 138 cm³/mol. The van der Waals surface area contributed by atoms with Gasteiger partial charge in [0.1, 0.15) is 0 Å². The van der Waals surface area contributed by atoms with E-state index in [4.69, 9.17) is 0 Å². The van der Waals surface area contributed by atoms with E-state index in [-0.39, 0.29) is 11.8 Å². The Morgan fingerprint density at radius 2 is 1.63 bits per heavy atom. The van der Waals surface area contributed by atoms with Crippen molar-refractivity contribution in [1.82, 2.24) is 9.47 Å². The number of hydrogen-bond acceptors (Lipinski definition) is 2. The second-order valence-electron chi connectivity index (χ2n) is 10.7. The largest absolute Gasteiger partial charge is 0.478 e. The smallest absolute Gasteiger partial charge is 0.335 e. The van der Waals surface area contributed by atoms with E-state index in [9.17, 15) is 14.7 Å². The normalized spacial score (nSPS) is 20.8. The molecule has 0 radical (unpaired) electrons. The molecule has 182 valence electrons. The molecule has 1 N–H and O–H groups in total. The molecule has 2 aliphatic heterocycles. The van der Waals surface area contributed by atoms with Crippen LogP contribution in [0, 0.1) is 5.92 Å². The first-order chi connectivity index (χ1) is 17.1. The van der Waals surface area contributed by atoms with Gasteiger partial charge in [0.05, 0.1) is 17.2 Å². The highest BCUT2D eigenvalue weighted by Crippen LogP contribution is 2.46. The van der Waals surface area contributed by atoms with E-state index in [1.54, 1.807) is 6.07 Å². The third kappa shape index (κ3) is 3.95. The zero-order chi connectivity index (χ0) is 23.9. The number of likely N-dealkylation sites (tertiary alicyclic amines) is 1. The molecule has 1 atom stereocenters. The number of benzene rings is 2. The molecule has 6 rings (SSSR count). The van der Waals surface area contributed by atoms with Crippen LogP contribution in [0.5, 0.6) is 0 Å². The topological polar surface area (TPSA) is 62.5 Å². The molecule has 1 aliphatic carbocycles. The Hall–Kier alpha value is -3.08. The molecular formula is C30H34N2O3. The molecule has 35 heavy (non-hydrogen) atoms. The molecule has 0 bridgehead atoms. The van der Waals surface area contributed by atoms with Crippen molar-refractivity contribution in [2.45, 2.75) is 70.3 Å². The van der Waals surface area contributed by atoms with Crippen LogP contribution in [-0.4, -0.2) is 39.5 Å². The SMILES string of the molecule is O=C(O)c1ccc2c(C3CCCCC3)c3n(c2c1)CC(C(=O)N1CCCCC1)Cc1ccccc1-3. The second-order valence-corrected chi connectivity index (χ2v) is 10.7. The van der Waals surface area contributed by atoms with Crippen LogP contribution in [0.2, 0.25) is 0 Å². The molecule has 3 aliphatic rings. The minimum absolute atomic E-state index is 0.140. The van der Waals surface area contributed by atoms with Crippen molar-refractivity contribution in [2.75, 3.05) is 13.1 Å². The molecule has 1 saturated heterocycles. The van der Waals surface area contributed by atoms with Gasteiger partial charge >= 0.3 is 5.97 Å².